The van der Waals surface area contributed by atoms with Crippen molar-refractivity contribution in [3.05, 3.63) is 28.1 Å². The van der Waals surface area contributed by atoms with Crippen molar-refractivity contribution in [3.8, 4) is 0 Å². The minimum atomic E-state index is -0.351. The van der Waals surface area contributed by atoms with E-state index in [-0.39, 0.29) is 30.9 Å². The van der Waals surface area contributed by atoms with E-state index in [4.69, 9.17) is 9.47 Å². The van der Waals surface area contributed by atoms with E-state index in [0.717, 1.165) is 24.6 Å². The van der Waals surface area contributed by atoms with Crippen LogP contribution in [-0.4, -0.2) is 29.0 Å². The quantitative estimate of drug-likeness (QED) is 0.710. The maximum Gasteiger partial charge on any atom is 0.306 e. The molecular weight excluding hydrogens is 379 g/mol. The van der Waals surface area contributed by atoms with Gasteiger partial charge in [0.25, 0.3) is 0 Å². The van der Waals surface area contributed by atoms with Crippen molar-refractivity contribution in [1.82, 2.24) is 9.78 Å². The van der Waals surface area contributed by atoms with Crippen molar-refractivity contribution in [1.29, 1.82) is 0 Å². The van der Waals surface area contributed by atoms with Crippen LogP contribution in [0.2, 0.25) is 0 Å². The van der Waals surface area contributed by atoms with E-state index in [9.17, 15) is 9.18 Å². The first kappa shape index (κ1) is 17.4. The van der Waals surface area contributed by atoms with E-state index in [1.165, 1.54) is 6.07 Å². The summed E-state index contributed by atoms with van der Waals surface area (Å²) in [7, 11) is 0. The zero-order chi connectivity index (χ0) is 17.1. The van der Waals surface area contributed by atoms with Gasteiger partial charge >= 0.3 is 5.97 Å². The molecule has 1 unspecified atom stereocenters. The second kappa shape index (κ2) is 7.61. The number of aromatic nitrogens is 2. The van der Waals surface area contributed by atoms with E-state index in [0.29, 0.717) is 28.8 Å². The van der Waals surface area contributed by atoms with Crippen molar-refractivity contribution in [2.24, 2.45) is 0 Å². The number of ether oxygens (including phenoxy) is 2. The molecule has 2 aromatic rings. The first-order chi connectivity index (χ1) is 11.6. The second-order valence-corrected chi connectivity index (χ2v) is 6.59. The molecule has 3 rings (SSSR count). The lowest BCUT2D eigenvalue weighted by Gasteiger charge is -2.23. The molecule has 1 aromatic carbocycles. The fourth-order valence-electron chi connectivity index (χ4n) is 2.99. The Hall–Kier alpha value is -1.47. The fraction of sp³-hybridized carbons (Fsp3) is 0.529. The highest BCUT2D eigenvalue weighted by Crippen LogP contribution is 2.34. The average molecular weight is 399 g/mol. The van der Waals surface area contributed by atoms with Gasteiger partial charge in [-0.3, -0.25) is 4.79 Å². The van der Waals surface area contributed by atoms with Gasteiger partial charge in [-0.15, -0.1) is 0 Å². The summed E-state index contributed by atoms with van der Waals surface area (Å²) in [6, 6.07) is 1.48. The van der Waals surface area contributed by atoms with Crippen LogP contribution in [0.1, 0.15) is 44.4 Å². The lowest BCUT2D eigenvalue weighted by atomic mass is 10.1. The fourth-order valence-corrected chi connectivity index (χ4v) is 3.69. The first-order valence-electron chi connectivity index (χ1n) is 8.23. The predicted molar refractivity (Wildman–Crippen MR) is 91.2 cm³/mol. The van der Waals surface area contributed by atoms with Gasteiger partial charge in [0.05, 0.1) is 18.3 Å². The summed E-state index contributed by atoms with van der Waals surface area (Å²) in [6.45, 7) is 2.78. The lowest BCUT2D eigenvalue weighted by Crippen LogP contribution is -2.19. The number of hydrogen-bond acceptors (Lipinski definition) is 4. The van der Waals surface area contributed by atoms with Gasteiger partial charge in [-0.25, -0.2) is 9.07 Å². The number of nitrogens with zero attached hydrogens (tertiary/aromatic N) is 2. The number of hydrogen-bond donors (Lipinski definition) is 0. The van der Waals surface area contributed by atoms with Crippen LogP contribution >= 0.6 is 15.9 Å². The highest BCUT2D eigenvalue weighted by molar-refractivity contribution is 9.10. The number of benzene rings is 1. The van der Waals surface area contributed by atoms with Crippen molar-refractivity contribution in [3.63, 3.8) is 0 Å². The summed E-state index contributed by atoms with van der Waals surface area (Å²) in [5.41, 5.74) is 1.17. The van der Waals surface area contributed by atoms with E-state index < -0.39 is 0 Å². The third-order valence-electron chi connectivity index (χ3n) is 4.20. The molecule has 130 valence electrons. The maximum absolute atomic E-state index is 14.6. The number of halogens is 2. The Labute approximate surface area is 148 Å². The monoisotopic (exact) mass is 398 g/mol. The molecule has 1 aliphatic rings. The smallest absolute Gasteiger partial charge is 0.306 e. The molecule has 0 aliphatic carbocycles. The van der Waals surface area contributed by atoms with Crippen molar-refractivity contribution >= 4 is 32.8 Å². The molecule has 2 heterocycles. The summed E-state index contributed by atoms with van der Waals surface area (Å²) in [5.74, 6) is -0.675. The molecule has 0 saturated carbocycles. The molecule has 1 saturated heterocycles. The number of esters is 1. The summed E-state index contributed by atoms with van der Waals surface area (Å²) in [5, 5.41) is 5.21. The number of carbonyl (C=O) groups is 1. The van der Waals surface area contributed by atoms with Crippen LogP contribution in [0.3, 0.4) is 0 Å². The maximum atomic E-state index is 14.6. The Balaban J connectivity index is 1.89. The molecule has 0 radical (unpaired) electrons. The minimum absolute atomic E-state index is 0.145. The number of fused-ring (bicyclic) bond motifs is 1. The predicted octanol–water partition coefficient (Wildman–Crippen LogP) is 4.13. The molecule has 1 atom stereocenters. The van der Waals surface area contributed by atoms with E-state index in [1.807, 2.05) is 0 Å². The van der Waals surface area contributed by atoms with Gasteiger partial charge in [-0.2, -0.15) is 5.10 Å². The molecule has 24 heavy (non-hydrogen) atoms. The van der Waals surface area contributed by atoms with Crippen LogP contribution in [0.15, 0.2) is 16.7 Å². The van der Waals surface area contributed by atoms with E-state index in [1.54, 1.807) is 17.8 Å². The topological polar surface area (TPSA) is 53.3 Å². The average Bonchev–Trinajstić information content (AvgIpc) is 2.99. The first-order valence-corrected chi connectivity index (χ1v) is 9.02. The number of rotatable bonds is 5. The zero-order valence-corrected chi connectivity index (χ0v) is 15.1. The molecule has 0 bridgehead atoms. The zero-order valence-electron chi connectivity index (χ0n) is 13.6. The molecule has 0 spiro atoms. The third kappa shape index (κ3) is 3.47. The van der Waals surface area contributed by atoms with Crippen LogP contribution in [-0.2, 0) is 20.7 Å². The van der Waals surface area contributed by atoms with Gasteiger partial charge in [-0.05, 0) is 48.5 Å². The van der Waals surface area contributed by atoms with Crippen LogP contribution in [0.25, 0.3) is 10.9 Å². The van der Waals surface area contributed by atoms with E-state index >= 15 is 0 Å². The van der Waals surface area contributed by atoms with Gasteiger partial charge in [0.2, 0.25) is 0 Å². The Morgan fingerprint density at radius 1 is 1.54 bits per heavy atom. The standard InChI is InChI=1S/C17H20BrFN2O3/c1-2-23-16(22)7-6-11-13(19)9-14-12(17(11)18)10-20-21(14)15-5-3-4-8-24-15/h9-10,15H,2-8H2,1H3. The van der Waals surface area contributed by atoms with Gasteiger partial charge in [0, 0.05) is 34.5 Å². The summed E-state index contributed by atoms with van der Waals surface area (Å²) < 4.78 is 27.6. The Kier molecular flexibility index (Phi) is 5.50. The molecule has 7 heteroatoms. The van der Waals surface area contributed by atoms with Crippen LogP contribution < -0.4 is 0 Å². The van der Waals surface area contributed by atoms with Gasteiger partial charge < -0.3 is 9.47 Å². The normalized spacial score (nSPS) is 18.0. The summed E-state index contributed by atoms with van der Waals surface area (Å²) in [6.07, 6.45) is 5.00. The van der Waals surface area contributed by atoms with Crippen molar-refractivity contribution < 1.29 is 18.7 Å². The van der Waals surface area contributed by atoms with Gasteiger partial charge in [0.1, 0.15) is 5.82 Å². The van der Waals surface area contributed by atoms with Crippen LogP contribution in [0, 0.1) is 5.82 Å². The highest BCUT2D eigenvalue weighted by Gasteiger charge is 2.22. The number of carbonyl (C=O) groups excluding carboxylic acids is 1. The molecule has 1 aliphatic heterocycles. The minimum Gasteiger partial charge on any atom is -0.466 e. The second-order valence-electron chi connectivity index (χ2n) is 5.80. The Bertz CT molecular complexity index is 741. The summed E-state index contributed by atoms with van der Waals surface area (Å²) >= 11 is 3.47. The van der Waals surface area contributed by atoms with Gasteiger partial charge in [-0.1, -0.05) is 0 Å². The SMILES string of the molecule is CCOC(=O)CCc1c(F)cc2c(cnn2C2CCCCO2)c1Br. The lowest BCUT2D eigenvalue weighted by molar-refractivity contribution is -0.143. The molecular formula is C17H20BrFN2O3. The van der Waals surface area contributed by atoms with Crippen LogP contribution in [0.4, 0.5) is 4.39 Å². The van der Waals surface area contributed by atoms with Crippen molar-refractivity contribution in [2.75, 3.05) is 13.2 Å². The van der Waals surface area contributed by atoms with Crippen molar-refractivity contribution in [2.45, 2.75) is 45.3 Å². The largest absolute Gasteiger partial charge is 0.466 e. The third-order valence-corrected chi connectivity index (χ3v) is 5.11. The molecule has 5 nitrogen and oxygen atoms in total. The molecule has 1 fully saturated rings. The molecule has 0 N–H and O–H groups in total. The Morgan fingerprint density at radius 2 is 2.38 bits per heavy atom. The highest BCUT2D eigenvalue weighted by atomic mass is 79.9. The Morgan fingerprint density at radius 3 is 3.08 bits per heavy atom. The van der Waals surface area contributed by atoms with Crippen LogP contribution in [0.5, 0.6) is 0 Å². The molecule has 0 amide bonds. The summed E-state index contributed by atoms with van der Waals surface area (Å²) in [4.78, 5) is 11.5. The van der Waals surface area contributed by atoms with E-state index in [2.05, 4.69) is 21.0 Å². The van der Waals surface area contributed by atoms with Gasteiger partial charge in [0.15, 0.2) is 6.23 Å². The molecule has 1 aromatic heterocycles.